The van der Waals surface area contributed by atoms with E-state index in [0.717, 1.165) is 12.8 Å². The molecule has 0 heterocycles. The molecule has 3 rings (SSSR count). The van der Waals surface area contributed by atoms with Gasteiger partial charge in [0.2, 0.25) is 5.91 Å². The topological polar surface area (TPSA) is 29.1 Å². The Morgan fingerprint density at radius 1 is 0.774 bits per heavy atom. The van der Waals surface area contributed by atoms with Crippen molar-refractivity contribution < 1.29 is 4.79 Å². The molecule has 3 aromatic carbocycles. The predicted molar refractivity (Wildman–Crippen MR) is 135 cm³/mol. The summed E-state index contributed by atoms with van der Waals surface area (Å²) < 4.78 is 0. The Morgan fingerprint density at radius 3 is 1.71 bits per heavy atom. The van der Waals surface area contributed by atoms with Crippen molar-refractivity contribution in [3.63, 3.8) is 0 Å². The highest BCUT2D eigenvalue weighted by Crippen LogP contribution is 2.33. The van der Waals surface area contributed by atoms with Crippen molar-refractivity contribution in [2.45, 2.75) is 52.5 Å². The summed E-state index contributed by atoms with van der Waals surface area (Å²) in [6, 6.07) is 30.8. The molecular weight excluding hydrogens is 397 g/mol. The lowest BCUT2D eigenvalue weighted by atomic mass is 9.88. The molecular formula is C28H34NOP. The third kappa shape index (κ3) is 6.28. The summed E-state index contributed by atoms with van der Waals surface area (Å²) in [7, 11) is -0.582. The van der Waals surface area contributed by atoms with Crippen molar-refractivity contribution in [3.05, 3.63) is 90.5 Å². The fraction of sp³-hybridized carbons (Fsp3) is 0.321. The highest BCUT2D eigenvalue weighted by Gasteiger charge is 2.21. The first-order chi connectivity index (χ1) is 15.0. The van der Waals surface area contributed by atoms with E-state index in [9.17, 15) is 4.79 Å². The predicted octanol–water partition coefficient (Wildman–Crippen LogP) is 5.49. The highest BCUT2D eigenvalue weighted by atomic mass is 31.1. The normalized spacial score (nSPS) is 13.2. The summed E-state index contributed by atoms with van der Waals surface area (Å²) in [5.41, 5.74) is 1.30. The van der Waals surface area contributed by atoms with Crippen LogP contribution in [0.1, 0.15) is 52.0 Å². The van der Waals surface area contributed by atoms with Crippen LogP contribution in [0.5, 0.6) is 0 Å². The fourth-order valence-electron chi connectivity index (χ4n) is 3.98. The van der Waals surface area contributed by atoms with Gasteiger partial charge in [-0.15, -0.1) is 0 Å². The molecule has 3 aromatic rings. The third-order valence-electron chi connectivity index (χ3n) is 5.68. The lowest BCUT2D eigenvalue weighted by Gasteiger charge is -2.22. The van der Waals surface area contributed by atoms with Gasteiger partial charge in [0, 0.05) is 12.0 Å². The maximum absolute atomic E-state index is 12.5. The molecule has 2 unspecified atom stereocenters. The van der Waals surface area contributed by atoms with Crippen LogP contribution in [0, 0.1) is 5.92 Å². The van der Waals surface area contributed by atoms with Gasteiger partial charge in [0.05, 0.1) is 0 Å². The number of carbonyl (C=O) groups is 1. The molecule has 0 aromatic heterocycles. The lowest BCUT2D eigenvalue weighted by molar-refractivity contribution is -0.125. The van der Waals surface area contributed by atoms with E-state index in [0.29, 0.717) is 5.92 Å². The van der Waals surface area contributed by atoms with E-state index in [-0.39, 0.29) is 17.9 Å². The molecule has 2 nitrogen and oxygen atoms in total. The van der Waals surface area contributed by atoms with Gasteiger partial charge in [0.1, 0.15) is 0 Å². The molecule has 162 valence electrons. The van der Waals surface area contributed by atoms with E-state index in [1.54, 1.807) is 0 Å². The summed E-state index contributed by atoms with van der Waals surface area (Å²) in [5.74, 6) is 0.581. The van der Waals surface area contributed by atoms with Crippen LogP contribution in [0.3, 0.4) is 0 Å². The van der Waals surface area contributed by atoms with Crippen molar-refractivity contribution in [3.8, 4) is 0 Å². The van der Waals surface area contributed by atoms with Gasteiger partial charge in [-0.2, -0.15) is 0 Å². The molecule has 31 heavy (non-hydrogen) atoms. The van der Waals surface area contributed by atoms with E-state index in [1.165, 1.54) is 21.5 Å². The standard InChI is InChI=1S/C28H34NOP/c1-5-23(28(30)29-21(2)3)20-22(4)24-16-18-27(19-17-24)31(25-12-8-6-9-13-25)26-14-10-7-11-15-26/h6-19,21-23H,5,20H2,1-4H3,(H,29,30). The van der Waals surface area contributed by atoms with Crippen LogP contribution in [0.2, 0.25) is 0 Å². The van der Waals surface area contributed by atoms with Crippen LogP contribution in [-0.4, -0.2) is 11.9 Å². The highest BCUT2D eigenvalue weighted by molar-refractivity contribution is 7.79. The van der Waals surface area contributed by atoms with E-state index in [2.05, 4.69) is 104 Å². The Balaban J connectivity index is 1.81. The van der Waals surface area contributed by atoms with Gasteiger partial charge in [0.15, 0.2) is 0 Å². The molecule has 2 atom stereocenters. The van der Waals surface area contributed by atoms with Crippen LogP contribution >= 0.6 is 7.92 Å². The molecule has 3 heteroatoms. The zero-order valence-corrected chi connectivity index (χ0v) is 20.0. The summed E-state index contributed by atoms with van der Waals surface area (Å²) in [6.07, 6.45) is 1.74. The smallest absolute Gasteiger partial charge is 0.223 e. The molecule has 0 fully saturated rings. The van der Waals surface area contributed by atoms with Crippen LogP contribution in [0.4, 0.5) is 0 Å². The molecule has 0 aliphatic rings. The summed E-state index contributed by atoms with van der Waals surface area (Å²) in [5, 5.41) is 7.15. The molecule has 0 bridgehead atoms. The Hall–Kier alpha value is -2.44. The maximum Gasteiger partial charge on any atom is 0.223 e. The Bertz CT molecular complexity index is 898. The Morgan fingerprint density at radius 2 is 1.26 bits per heavy atom. The van der Waals surface area contributed by atoms with Crippen LogP contribution in [0.15, 0.2) is 84.9 Å². The first kappa shape index (κ1) is 23.2. The molecule has 0 saturated carbocycles. The van der Waals surface area contributed by atoms with Crippen molar-refractivity contribution in [2.75, 3.05) is 0 Å². The molecule has 0 radical (unpaired) electrons. The molecule has 0 aliphatic carbocycles. The van der Waals surface area contributed by atoms with Gasteiger partial charge >= 0.3 is 0 Å². The number of benzene rings is 3. The number of nitrogens with one attached hydrogen (secondary N) is 1. The minimum absolute atomic E-state index is 0.0582. The van der Waals surface area contributed by atoms with Crippen molar-refractivity contribution in [1.29, 1.82) is 0 Å². The second-order valence-corrected chi connectivity index (χ2v) is 10.7. The van der Waals surface area contributed by atoms with Gasteiger partial charge in [-0.25, -0.2) is 0 Å². The number of rotatable bonds is 9. The zero-order valence-electron chi connectivity index (χ0n) is 19.1. The van der Waals surface area contributed by atoms with E-state index < -0.39 is 7.92 Å². The monoisotopic (exact) mass is 431 g/mol. The molecule has 0 saturated heterocycles. The summed E-state index contributed by atoms with van der Waals surface area (Å²) >= 11 is 0. The SMILES string of the molecule is CCC(CC(C)c1ccc(P(c2ccccc2)c2ccccc2)cc1)C(=O)NC(C)C. The minimum Gasteiger partial charge on any atom is -0.354 e. The largest absolute Gasteiger partial charge is 0.354 e. The number of carbonyl (C=O) groups excluding carboxylic acids is 1. The van der Waals surface area contributed by atoms with Crippen molar-refractivity contribution >= 4 is 29.7 Å². The molecule has 1 N–H and O–H groups in total. The average Bonchev–Trinajstić information content (AvgIpc) is 2.79. The van der Waals surface area contributed by atoms with Gasteiger partial charge < -0.3 is 5.32 Å². The number of amides is 1. The van der Waals surface area contributed by atoms with E-state index >= 15 is 0 Å². The Kier molecular flexibility index (Phi) is 8.43. The van der Waals surface area contributed by atoms with Crippen molar-refractivity contribution in [2.24, 2.45) is 5.92 Å². The van der Waals surface area contributed by atoms with E-state index in [4.69, 9.17) is 0 Å². The molecule has 1 amide bonds. The first-order valence-electron chi connectivity index (χ1n) is 11.3. The number of hydrogen-bond donors (Lipinski definition) is 1. The maximum atomic E-state index is 12.5. The first-order valence-corrected chi connectivity index (χ1v) is 12.6. The van der Waals surface area contributed by atoms with Gasteiger partial charge in [-0.05, 0) is 62.0 Å². The fourth-order valence-corrected chi connectivity index (χ4v) is 6.26. The molecule has 0 aliphatic heterocycles. The van der Waals surface area contributed by atoms with E-state index in [1.807, 2.05) is 13.8 Å². The minimum atomic E-state index is -0.582. The summed E-state index contributed by atoms with van der Waals surface area (Å²) in [4.78, 5) is 12.5. The molecule has 0 spiro atoms. The van der Waals surface area contributed by atoms with Crippen LogP contribution in [0.25, 0.3) is 0 Å². The lowest BCUT2D eigenvalue weighted by Crippen LogP contribution is -2.35. The Labute approximate surface area is 188 Å². The van der Waals surface area contributed by atoms with Crippen molar-refractivity contribution in [1.82, 2.24) is 5.32 Å². The van der Waals surface area contributed by atoms with Gasteiger partial charge in [-0.3, -0.25) is 4.79 Å². The second kappa shape index (κ2) is 11.3. The number of hydrogen-bond acceptors (Lipinski definition) is 1. The zero-order chi connectivity index (χ0) is 22.2. The second-order valence-electron chi connectivity index (χ2n) is 8.50. The quantitative estimate of drug-likeness (QED) is 0.446. The van der Waals surface area contributed by atoms with Gasteiger partial charge in [-0.1, -0.05) is 98.8 Å². The van der Waals surface area contributed by atoms with Crippen LogP contribution < -0.4 is 21.2 Å². The average molecular weight is 432 g/mol. The van der Waals surface area contributed by atoms with Gasteiger partial charge in [0.25, 0.3) is 0 Å². The summed E-state index contributed by atoms with van der Waals surface area (Å²) in [6.45, 7) is 8.37. The van der Waals surface area contributed by atoms with Crippen LogP contribution in [-0.2, 0) is 4.79 Å². The third-order valence-corrected chi connectivity index (χ3v) is 8.13.